The van der Waals surface area contributed by atoms with Gasteiger partial charge in [0.15, 0.2) is 11.6 Å². The Hall–Kier alpha value is -2.65. The molecule has 148 valence electrons. The van der Waals surface area contributed by atoms with Crippen molar-refractivity contribution in [2.45, 2.75) is 25.9 Å². The van der Waals surface area contributed by atoms with E-state index in [2.05, 4.69) is 24.9 Å². The molecular weight excluding hydrogens is 368 g/mol. The predicted molar refractivity (Wildman–Crippen MR) is 98.8 cm³/mol. The lowest BCUT2D eigenvalue weighted by molar-refractivity contribution is 0.135. The molecule has 3 aromatic rings. The molecule has 9 heteroatoms. The van der Waals surface area contributed by atoms with E-state index in [4.69, 9.17) is 4.52 Å². The first-order valence-electron chi connectivity index (χ1n) is 9.17. The highest BCUT2D eigenvalue weighted by atomic mass is 19.2. The number of fused-ring (bicyclic) bond motifs is 1. The maximum atomic E-state index is 13.5. The molecule has 1 saturated heterocycles. The molecule has 0 saturated carbocycles. The molecule has 3 heterocycles. The minimum Gasteiger partial charge on any atom is -0.396 e. The summed E-state index contributed by atoms with van der Waals surface area (Å²) in [7, 11) is 0. The quantitative estimate of drug-likeness (QED) is 0.717. The van der Waals surface area contributed by atoms with Crippen LogP contribution in [0.1, 0.15) is 17.7 Å². The smallest absolute Gasteiger partial charge is 0.263 e. The number of aromatic nitrogens is 3. The lowest BCUT2D eigenvalue weighted by Crippen LogP contribution is -2.53. The molecule has 1 aromatic carbocycles. The molecule has 1 fully saturated rings. The first kappa shape index (κ1) is 18.7. The van der Waals surface area contributed by atoms with Crippen LogP contribution < -0.4 is 4.90 Å². The number of aryl methyl sites for hydroxylation is 1. The second-order valence-electron chi connectivity index (χ2n) is 6.98. The number of hydrogen-bond donors (Lipinski definition) is 1. The number of piperazine rings is 1. The van der Waals surface area contributed by atoms with Crippen molar-refractivity contribution in [2.24, 2.45) is 0 Å². The molecule has 1 aliphatic rings. The topological polar surface area (TPSA) is 78.5 Å². The van der Waals surface area contributed by atoms with Gasteiger partial charge in [0.2, 0.25) is 0 Å². The fourth-order valence-electron chi connectivity index (χ4n) is 3.73. The summed E-state index contributed by atoms with van der Waals surface area (Å²) in [6, 6.07) is 4.01. The second-order valence-corrected chi connectivity index (χ2v) is 6.98. The van der Waals surface area contributed by atoms with Gasteiger partial charge in [-0.15, -0.1) is 0 Å². The van der Waals surface area contributed by atoms with Crippen LogP contribution >= 0.6 is 0 Å². The minimum atomic E-state index is -0.850. The van der Waals surface area contributed by atoms with E-state index in [1.54, 1.807) is 6.07 Å². The van der Waals surface area contributed by atoms with Crippen molar-refractivity contribution in [1.29, 1.82) is 0 Å². The highest BCUT2D eigenvalue weighted by molar-refractivity contribution is 5.87. The van der Waals surface area contributed by atoms with Crippen LogP contribution in [0.3, 0.4) is 0 Å². The average Bonchev–Trinajstić information content (AvgIpc) is 3.07. The second kappa shape index (κ2) is 7.76. The van der Waals surface area contributed by atoms with Gasteiger partial charge in [-0.3, -0.25) is 4.90 Å². The van der Waals surface area contributed by atoms with Crippen LogP contribution in [-0.4, -0.2) is 57.4 Å². The summed E-state index contributed by atoms with van der Waals surface area (Å²) in [6.45, 7) is 4.41. The Kier molecular flexibility index (Phi) is 5.19. The predicted octanol–water partition coefficient (Wildman–Crippen LogP) is 2.28. The third kappa shape index (κ3) is 3.55. The molecule has 1 atom stereocenters. The van der Waals surface area contributed by atoms with Gasteiger partial charge in [-0.2, -0.15) is 4.98 Å². The van der Waals surface area contributed by atoms with Gasteiger partial charge < -0.3 is 14.5 Å². The first-order chi connectivity index (χ1) is 13.6. The number of benzene rings is 1. The molecular formula is C19H21F2N5O2. The van der Waals surface area contributed by atoms with Gasteiger partial charge in [0, 0.05) is 38.8 Å². The maximum Gasteiger partial charge on any atom is 0.263 e. The van der Waals surface area contributed by atoms with E-state index in [0.29, 0.717) is 43.9 Å². The normalized spacial score (nSPS) is 18.1. The van der Waals surface area contributed by atoms with Gasteiger partial charge in [-0.25, -0.2) is 13.8 Å². The molecule has 0 bridgehead atoms. The Bertz CT molecular complexity index is 980. The van der Waals surface area contributed by atoms with E-state index in [-0.39, 0.29) is 12.6 Å². The van der Waals surface area contributed by atoms with Gasteiger partial charge in [-0.1, -0.05) is 11.2 Å². The number of hydrogen-bond acceptors (Lipinski definition) is 7. The zero-order chi connectivity index (χ0) is 19.7. The summed E-state index contributed by atoms with van der Waals surface area (Å²) in [4.78, 5) is 12.9. The molecule has 4 rings (SSSR count). The molecule has 28 heavy (non-hydrogen) atoms. The van der Waals surface area contributed by atoms with Gasteiger partial charge in [0.1, 0.15) is 17.5 Å². The molecule has 2 aromatic heterocycles. The zero-order valence-electron chi connectivity index (χ0n) is 15.5. The van der Waals surface area contributed by atoms with E-state index in [9.17, 15) is 13.9 Å². The summed E-state index contributed by atoms with van der Waals surface area (Å²) in [5, 5.41) is 14.3. The van der Waals surface area contributed by atoms with Crippen LogP contribution in [0.2, 0.25) is 0 Å². The summed E-state index contributed by atoms with van der Waals surface area (Å²) in [5.41, 5.74) is 1.88. The molecule has 7 nitrogen and oxygen atoms in total. The highest BCUT2D eigenvalue weighted by Crippen LogP contribution is 2.28. The van der Waals surface area contributed by atoms with E-state index in [1.807, 2.05) is 6.92 Å². The van der Waals surface area contributed by atoms with Crippen molar-refractivity contribution in [2.75, 3.05) is 31.1 Å². The summed E-state index contributed by atoms with van der Waals surface area (Å²) >= 11 is 0. The number of rotatable bonds is 5. The lowest BCUT2D eigenvalue weighted by atomic mass is 10.1. The Morgan fingerprint density at radius 3 is 2.86 bits per heavy atom. The monoisotopic (exact) mass is 389 g/mol. The molecule has 0 unspecified atom stereocenters. The summed E-state index contributed by atoms with van der Waals surface area (Å²) in [6.07, 6.45) is 2.02. The summed E-state index contributed by atoms with van der Waals surface area (Å²) in [5.74, 6) is -0.933. The van der Waals surface area contributed by atoms with E-state index >= 15 is 0 Å². The average molecular weight is 389 g/mol. The van der Waals surface area contributed by atoms with Crippen molar-refractivity contribution in [1.82, 2.24) is 20.0 Å². The number of aliphatic hydroxyl groups excluding tert-OH is 1. The van der Waals surface area contributed by atoms with E-state index in [0.717, 1.165) is 23.0 Å². The van der Waals surface area contributed by atoms with Crippen molar-refractivity contribution in [3.8, 4) is 0 Å². The lowest BCUT2D eigenvalue weighted by Gasteiger charge is -2.42. The minimum absolute atomic E-state index is 0.0389. The largest absolute Gasteiger partial charge is 0.396 e. The zero-order valence-corrected chi connectivity index (χ0v) is 15.5. The number of halogens is 2. The fraction of sp³-hybridized carbons (Fsp3) is 0.421. The molecule has 0 spiro atoms. The van der Waals surface area contributed by atoms with Crippen LogP contribution in [0.25, 0.3) is 11.1 Å². The van der Waals surface area contributed by atoms with Crippen LogP contribution in [-0.2, 0) is 6.54 Å². The van der Waals surface area contributed by atoms with Gasteiger partial charge >= 0.3 is 0 Å². The number of anilines is 1. The SMILES string of the molecule is Cc1noc2ncnc(N3CCN(Cc4ccc(F)c(F)c4)[C@@H](CCO)C3)c12. The fourth-order valence-corrected chi connectivity index (χ4v) is 3.73. The van der Waals surface area contributed by atoms with Crippen LogP contribution in [0.4, 0.5) is 14.6 Å². The van der Waals surface area contributed by atoms with Crippen LogP contribution in [0.5, 0.6) is 0 Å². The first-order valence-corrected chi connectivity index (χ1v) is 9.17. The third-order valence-corrected chi connectivity index (χ3v) is 5.16. The molecule has 0 radical (unpaired) electrons. The van der Waals surface area contributed by atoms with Crippen molar-refractivity contribution < 1.29 is 18.4 Å². The highest BCUT2D eigenvalue weighted by Gasteiger charge is 2.29. The van der Waals surface area contributed by atoms with Gasteiger partial charge in [0.25, 0.3) is 5.71 Å². The molecule has 1 aliphatic heterocycles. The molecule has 0 amide bonds. The Labute approximate surface area is 160 Å². The summed E-state index contributed by atoms with van der Waals surface area (Å²) < 4.78 is 32.0. The number of aliphatic hydroxyl groups is 1. The van der Waals surface area contributed by atoms with Crippen molar-refractivity contribution >= 4 is 16.9 Å². The van der Waals surface area contributed by atoms with E-state index < -0.39 is 11.6 Å². The van der Waals surface area contributed by atoms with Gasteiger partial charge in [-0.05, 0) is 31.0 Å². The number of nitrogens with zero attached hydrogens (tertiary/aromatic N) is 5. The van der Waals surface area contributed by atoms with Crippen LogP contribution in [0.15, 0.2) is 29.0 Å². The van der Waals surface area contributed by atoms with E-state index in [1.165, 1.54) is 12.4 Å². The molecule has 0 aliphatic carbocycles. The Morgan fingerprint density at radius 1 is 1.21 bits per heavy atom. The standard InChI is InChI=1S/C19H21F2N5O2/c1-12-17-18(22-11-23-19(17)28-24-12)26-6-5-25(14(10-26)4-7-27)9-13-2-3-15(20)16(21)8-13/h2-3,8,11,14,27H,4-7,9-10H2,1H3/t14-/m0/s1. The van der Waals surface area contributed by atoms with Crippen molar-refractivity contribution in [3.05, 3.63) is 47.4 Å². The Balaban J connectivity index is 1.55. The molecule has 1 N–H and O–H groups in total. The maximum absolute atomic E-state index is 13.5. The van der Waals surface area contributed by atoms with Crippen molar-refractivity contribution in [3.63, 3.8) is 0 Å². The van der Waals surface area contributed by atoms with Crippen LogP contribution in [0, 0.1) is 18.6 Å². The third-order valence-electron chi connectivity index (χ3n) is 5.16. The Morgan fingerprint density at radius 2 is 2.07 bits per heavy atom. The van der Waals surface area contributed by atoms with Gasteiger partial charge in [0.05, 0.1) is 5.69 Å².